The van der Waals surface area contributed by atoms with Crippen LogP contribution in [0.2, 0.25) is 0 Å². The second-order valence-corrected chi connectivity index (χ2v) is 12.5. The largest absolute Gasteiger partial charge is 0.396 e. The standard InChI is InChI=1S/C27H48O2/c1-18(17-28)6-5-7-19(2)23-10-11-24-22-9-8-20-16-21(29)12-14-26(20,3)25(22)13-15-27(23,24)4/h18-25,28-29H,5-17H2,1-4H3/t18?,19-,20?,21?,22+,23-,24+,25+,26+,27-/m1/s1. The van der Waals surface area contributed by atoms with Crippen molar-refractivity contribution < 1.29 is 10.2 Å². The van der Waals surface area contributed by atoms with Crippen LogP contribution in [0.5, 0.6) is 0 Å². The molecule has 0 heterocycles. The highest BCUT2D eigenvalue weighted by atomic mass is 16.3. The lowest BCUT2D eigenvalue weighted by atomic mass is 9.44. The summed E-state index contributed by atoms with van der Waals surface area (Å²) >= 11 is 0. The van der Waals surface area contributed by atoms with E-state index < -0.39 is 0 Å². The van der Waals surface area contributed by atoms with Crippen molar-refractivity contribution in [1.29, 1.82) is 0 Å². The number of rotatable bonds is 6. The van der Waals surface area contributed by atoms with E-state index in [2.05, 4.69) is 27.7 Å². The van der Waals surface area contributed by atoms with Gasteiger partial charge in [-0.1, -0.05) is 40.5 Å². The van der Waals surface area contributed by atoms with E-state index in [1.165, 1.54) is 64.2 Å². The van der Waals surface area contributed by atoms with Crippen LogP contribution in [0.25, 0.3) is 0 Å². The summed E-state index contributed by atoms with van der Waals surface area (Å²) in [5.41, 5.74) is 1.08. The molecule has 0 aromatic rings. The van der Waals surface area contributed by atoms with Crippen LogP contribution in [0.15, 0.2) is 0 Å². The lowest BCUT2D eigenvalue weighted by molar-refractivity contribution is -0.129. The van der Waals surface area contributed by atoms with Gasteiger partial charge in [0.05, 0.1) is 6.10 Å². The molecule has 4 aliphatic carbocycles. The molecule has 29 heavy (non-hydrogen) atoms. The summed E-state index contributed by atoms with van der Waals surface area (Å²) in [5.74, 6) is 5.83. The van der Waals surface area contributed by atoms with Crippen molar-refractivity contribution in [2.45, 2.75) is 111 Å². The molecule has 0 aliphatic heterocycles. The molecule has 2 nitrogen and oxygen atoms in total. The van der Waals surface area contributed by atoms with Gasteiger partial charge in [-0.05, 0) is 116 Å². The summed E-state index contributed by atoms with van der Waals surface area (Å²) in [6.07, 6.45) is 15.8. The molecule has 4 saturated carbocycles. The summed E-state index contributed by atoms with van der Waals surface area (Å²) in [6.45, 7) is 10.4. The van der Waals surface area contributed by atoms with Crippen LogP contribution >= 0.6 is 0 Å². The van der Waals surface area contributed by atoms with Crippen molar-refractivity contribution in [2.24, 2.45) is 52.3 Å². The minimum atomic E-state index is -0.0243. The van der Waals surface area contributed by atoms with Crippen molar-refractivity contribution in [3.8, 4) is 0 Å². The molecule has 0 amide bonds. The van der Waals surface area contributed by atoms with Gasteiger partial charge in [0.15, 0.2) is 0 Å². The van der Waals surface area contributed by atoms with Crippen LogP contribution < -0.4 is 0 Å². The van der Waals surface area contributed by atoms with Crippen molar-refractivity contribution >= 4 is 0 Å². The molecule has 2 heteroatoms. The van der Waals surface area contributed by atoms with Gasteiger partial charge in [-0.15, -0.1) is 0 Å². The first-order valence-corrected chi connectivity index (χ1v) is 13.1. The Morgan fingerprint density at radius 2 is 1.59 bits per heavy atom. The SMILES string of the molecule is CC(CO)CCC[C@@H](C)[C@H]1CC[C@H]2[C@@H]3CCC4CC(O)CC[C@]4(C)[C@H]3CC[C@]12C. The molecule has 0 saturated heterocycles. The Hall–Kier alpha value is -0.0800. The monoisotopic (exact) mass is 404 g/mol. The van der Waals surface area contributed by atoms with E-state index in [4.69, 9.17) is 0 Å². The molecule has 3 unspecified atom stereocenters. The highest BCUT2D eigenvalue weighted by Crippen LogP contribution is 2.68. The zero-order chi connectivity index (χ0) is 20.8. The molecular formula is C27H48O2. The zero-order valence-corrected chi connectivity index (χ0v) is 19.7. The van der Waals surface area contributed by atoms with E-state index in [-0.39, 0.29) is 6.10 Å². The van der Waals surface area contributed by atoms with E-state index in [0.29, 0.717) is 23.4 Å². The van der Waals surface area contributed by atoms with Gasteiger partial charge in [-0.2, -0.15) is 0 Å². The smallest absolute Gasteiger partial charge is 0.0543 e. The third kappa shape index (κ3) is 3.84. The van der Waals surface area contributed by atoms with E-state index in [0.717, 1.165) is 48.3 Å². The van der Waals surface area contributed by atoms with Gasteiger partial charge < -0.3 is 10.2 Å². The Labute approximate surface area is 180 Å². The summed E-state index contributed by atoms with van der Waals surface area (Å²) in [7, 11) is 0. The molecule has 10 atom stereocenters. The molecule has 4 aliphatic rings. The van der Waals surface area contributed by atoms with Gasteiger partial charge in [-0.3, -0.25) is 0 Å². The molecule has 2 N–H and O–H groups in total. The third-order valence-electron chi connectivity index (χ3n) is 11.1. The predicted molar refractivity (Wildman–Crippen MR) is 120 cm³/mol. The number of aliphatic hydroxyl groups excluding tert-OH is 2. The molecule has 4 rings (SSSR count). The van der Waals surface area contributed by atoms with Crippen molar-refractivity contribution in [3.05, 3.63) is 0 Å². The summed E-state index contributed by atoms with van der Waals surface area (Å²) in [4.78, 5) is 0. The highest BCUT2D eigenvalue weighted by Gasteiger charge is 2.60. The Balaban J connectivity index is 1.43. The van der Waals surface area contributed by atoms with Crippen LogP contribution in [0.4, 0.5) is 0 Å². The first kappa shape index (κ1) is 22.1. The maximum atomic E-state index is 10.3. The number of hydrogen-bond donors (Lipinski definition) is 2. The highest BCUT2D eigenvalue weighted by molar-refractivity contribution is 5.09. The predicted octanol–water partition coefficient (Wildman–Crippen LogP) is 6.44. The summed E-state index contributed by atoms with van der Waals surface area (Å²) in [5, 5.41) is 19.6. The molecule has 0 radical (unpaired) electrons. The normalized spacial score (nSPS) is 49.0. The summed E-state index contributed by atoms with van der Waals surface area (Å²) in [6, 6.07) is 0. The molecule has 0 spiro atoms. The molecular weight excluding hydrogens is 356 g/mol. The third-order valence-corrected chi connectivity index (χ3v) is 11.1. The van der Waals surface area contributed by atoms with E-state index in [1.54, 1.807) is 0 Å². The maximum absolute atomic E-state index is 10.3. The maximum Gasteiger partial charge on any atom is 0.0543 e. The van der Waals surface area contributed by atoms with E-state index in [1.807, 2.05) is 0 Å². The van der Waals surface area contributed by atoms with Gasteiger partial charge in [-0.25, -0.2) is 0 Å². The van der Waals surface area contributed by atoms with Crippen molar-refractivity contribution in [3.63, 3.8) is 0 Å². The van der Waals surface area contributed by atoms with Crippen molar-refractivity contribution in [1.82, 2.24) is 0 Å². The second-order valence-electron chi connectivity index (χ2n) is 12.5. The topological polar surface area (TPSA) is 40.5 Å². The van der Waals surface area contributed by atoms with Gasteiger partial charge >= 0.3 is 0 Å². The Morgan fingerprint density at radius 3 is 2.34 bits per heavy atom. The average Bonchev–Trinajstić information content (AvgIpc) is 3.05. The van der Waals surface area contributed by atoms with Gasteiger partial charge in [0, 0.05) is 6.61 Å². The quantitative estimate of drug-likeness (QED) is 0.534. The Morgan fingerprint density at radius 1 is 0.862 bits per heavy atom. The molecule has 0 bridgehead atoms. The minimum absolute atomic E-state index is 0.0243. The van der Waals surface area contributed by atoms with Gasteiger partial charge in [0.25, 0.3) is 0 Å². The fourth-order valence-corrected chi connectivity index (χ4v) is 9.29. The Kier molecular flexibility index (Phi) is 6.45. The molecule has 168 valence electrons. The van der Waals surface area contributed by atoms with Crippen LogP contribution in [-0.2, 0) is 0 Å². The molecule has 4 fully saturated rings. The van der Waals surface area contributed by atoms with Crippen molar-refractivity contribution in [2.75, 3.05) is 6.61 Å². The lowest BCUT2D eigenvalue weighted by Crippen LogP contribution is -2.54. The number of fused-ring (bicyclic) bond motifs is 5. The Bertz CT molecular complexity index is 561. The van der Waals surface area contributed by atoms with Crippen LogP contribution in [-0.4, -0.2) is 22.9 Å². The first-order chi connectivity index (χ1) is 13.8. The van der Waals surface area contributed by atoms with E-state index >= 15 is 0 Å². The van der Waals surface area contributed by atoms with Crippen LogP contribution in [0.1, 0.15) is 105 Å². The van der Waals surface area contributed by atoms with E-state index in [9.17, 15) is 10.2 Å². The van der Waals surface area contributed by atoms with Crippen LogP contribution in [0, 0.1) is 52.3 Å². The zero-order valence-electron chi connectivity index (χ0n) is 19.7. The minimum Gasteiger partial charge on any atom is -0.396 e. The number of aliphatic hydroxyl groups is 2. The second kappa shape index (κ2) is 8.45. The lowest BCUT2D eigenvalue weighted by Gasteiger charge is -2.61. The average molecular weight is 405 g/mol. The summed E-state index contributed by atoms with van der Waals surface area (Å²) < 4.78 is 0. The fraction of sp³-hybridized carbons (Fsp3) is 1.00. The van der Waals surface area contributed by atoms with Gasteiger partial charge in [0.1, 0.15) is 0 Å². The molecule has 0 aromatic carbocycles. The number of hydrogen-bond acceptors (Lipinski definition) is 2. The fourth-order valence-electron chi connectivity index (χ4n) is 9.29. The van der Waals surface area contributed by atoms with Gasteiger partial charge in [0.2, 0.25) is 0 Å². The first-order valence-electron chi connectivity index (χ1n) is 13.1. The van der Waals surface area contributed by atoms with Crippen LogP contribution in [0.3, 0.4) is 0 Å². The molecule has 0 aromatic heterocycles.